The van der Waals surface area contributed by atoms with Crippen molar-refractivity contribution in [2.24, 2.45) is 0 Å². The van der Waals surface area contributed by atoms with Crippen molar-refractivity contribution in [3.63, 3.8) is 0 Å². The number of hydrogen-bond donors (Lipinski definition) is 2. The molecule has 4 nitrogen and oxygen atoms in total. The predicted molar refractivity (Wildman–Crippen MR) is 87.0 cm³/mol. The van der Waals surface area contributed by atoms with Crippen LogP contribution in [-0.4, -0.2) is 15.5 Å². The molecular formula is C12H11BrClFN2O2S2. The fourth-order valence-electron chi connectivity index (χ4n) is 1.61. The van der Waals surface area contributed by atoms with Gasteiger partial charge in [0.15, 0.2) is 0 Å². The van der Waals surface area contributed by atoms with Gasteiger partial charge in [-0.15, -0.1) is 11.3 Å². The summed E-state index contributed by atoms with van der Waals surface area (Å²) in [5.41, 5.74) is 0.116. The van der Waals surface area contributed by atoms with Crippen molar-refractivity contribution < 1.29 is 12.8 Å². The molecule has 9 heteroatoms. The van der Waals surface area contributed by atoms with E-state index in [-0.39, 0.29) is 15.6 Å². The average molecular weight is 414 g/mol. The molecule has 114 valence electrons. The maximum Gasteiger partial charge on any atom is 0.263 e. The number of hydrogen-bond acceptors (Lipinski definition) is 4. The maximum atomic E-state index is 13.4. The van der Waals surface area contributed by atoms with Crippen LogP contribution in [0.15, 0.2) is 32.9 Å². The fraction of sp³-hybridized carbons (Fsp3) is 0.167. The predicted octanol–water partition coefficient (Wildman–Crippen LogP) is 3.82. The molecule has 0 bridgehead atoms. The van der Waals surface area contributed by atoms with Crippen molar-refractivity contribution in [2.45, 2.75) is 11.4 Å². The first-order chi connectivity index (χ1) is 9.83. The van der Waals surface area contributed by atoms with Crippen molar-refractivity contribution in [3.8, 4) is 0 Å². The van der Waals surface area contributed by atoms with Gasteiger partial charge in [-0.25, -0.2) is 12.8 Å². The van der Waals surface area contributed by atoms with Crippen LogP contribution in [0.3, 0.4) is 0 Å². The molecule has 0 aliphatic rings. The maximum absolute atomic E-state index is 13.4. The molecule has 0 spiro atoms. The molecule has 1 heterocycles. The minimum atomic E-state index is -3.80. The monoisotopic (exact) mass is 412 g/mol. The molecule has 21 heavy (non-hydrogen) atoms. The molecule has 0 saturated carbocycles. The summed E-state index contributed by atoms with van der Waals surface area (Å²) in [5, 5.41) is 2.89. The highest BCUT2D eigenvalue weighted by molar-refractivity contribution is 9.11. The van der Waals surface area contributed by atoms with Crippen LogP contribution in [0, 0.1) is 5.82 Å². The zero-order chi connectivity index (χ0) is 15.6. The molecule has 1 aromatic carbocycles. The molecular weight excluding hydrogens is 403 g/mol. The summed E-state index contributed by atoms with van der Waals surface area (Å²) < 4.78 is 40.8. The van der Waals surface area contributed by atoms with Crippen molar-refractivity contribution in [1.29, 1.82) is 0 Å². The summed E-state index contributed by atoms with van der Waals surface area (Å²) >= 11 is 10.1. The average Bonchev–Trinajstić information content (AvgIpc) is 2.76. The number of nitrogens with one attached hydrogen (secondary N) is 2. The Bertz CT molecular complexity index is 765. The van der Waals surface area contributed by atoms with Gasteiger partial charge in [0.1, 0.15) is 10.7 Å². The van der Waals surface area contributed by atoms with Crippen molar-refractivity contribution >= 4 is 54.6 Å². The molecule has 1 aromatic heterocycles. The lowest BCUT2D eigenvalue weighted by Crippen LogP contribution is -2.13. The molecule has 2 rings (SSSR count). The number of thiophene rings is 1. The molecule has 0 aliphatic heterocycles. The van der Waals surface area contributed by atoms with E-state index in [1.165, 1.54) is 23.5 Å². The minimum Gasteiger partial charge on any atom is -0.315 e. The van der Waals surface area contributed by atoms with Gasteiger partial charge in [0.2, 0.25) is 0 Å². The quantitative estimate of drug-likeness (QED) is 0.783. The highest BCUT2D eigenvalue weighted by Gasteiger charge is 2.21. The molecule has 2 aromatic rings. The summed E-state index contributed by atoms with van der Waals surface area (Å²) in [6.45, 7) is 0.564. The second-order valence-electron chi connectivity index (χ2n) is 4.12. The van der Waals surface area contributed by atoms with E-state index in [4.69, 9.17) is 11.6 Å². The smallest absolute Gasteiger partial charge is 0.263 e. The van der Waals surface area contributed by atoms with Crippen molar-refractivity contribution in [1.82, 2.24) is 5.32 Å². The number of sulfonamides is 1. The van der Waals surface area contributed by atoms with Crippen molar-refractivity contribution in [2.75, 3.05) is 11.8 Å². The van der Waals surface area contributed by atoms with E-state index in [0.29, 0.717) is 10.3 Å². The van der Waals surface area contributed by atoms with Crippen LogP contribution in [0.4, 0.5) is 10.1 Å². The third-order valence-corrected chi connectivity index (χ3v) is 6.46. The normalized spacial score (nSPS) is 11.6. The third kappa shape index (κ3) is 3.95. The number of benzene rings is 1. The van der Waals surface area contributed by atoms with Crippen LogP contribution in [0.5, 0.6) is 0 Å². The molecule has 0 amide bonds. The Morgan fingerprint density at radius 2 is 2.10 bits per heavy atom. The van der Waals surface area contributed by atoms with Gasteiger partial charge >= 0.3 is 0 Å². The largest absolute Gasteiger partial charge is 0.315 e. The van der Waals surface area contributed by atoms with Gasteiger partial charge < -0.3 is 5.32 Å². The minimum absolute atomic E-state index is 0.0639. The third-order valence-electron chi connectivity index (χ3n) is 2.52. The first-order valence-electron chi connectivity index (χ1n) is 5.74. The Morgan fingerprint density at radius 1 is 1.38 bits per heavy atom. The van der Waals surface area contributed by atoms with Gasteiger partial charge in [0.05, 0.1) is 14.5 Å². The Kier molecular flexibility index (Phi) is 5.26. The molecule has 0 aliphatic carbocycles. The van der Waals surface area contributed by atoms with Crippen LogP contribution < -0.4 is 10.0 Å². The highest BCUT2D eigenvalue weighted by Crippen LogP contribution is 2.33. The Morgan fingerprint density at radius 3 is 2.71 bits per heavy atom. The van der Waals surface area contributed by atoms with Crippen LogP contribution >= 0.6 is 38.9 Å². The second-order valence-corrected chi connectivity index (χ2v) is 8.63. The van der Waals surface area contributed by atoms with E-state index < -0.39 is 15.8 Å². The SMILES string of the molecule is CNCc1cc(S(=O)(=O)Nc2ccc(Cl)c(F)c2)c(Br)s1. The van der Waals surface area contributed by atoms with E-state index in [9.17, 15) is 12.8 Å². The number of rotatable bonds is 5. The summed E-state index contributed by atoms with van der Waals surface area (Å²) in [6, 6.07) is 5.30. The summed E-state index contributed by atoms with van der Waals surface area (Å²) in [7, 11) is -2.02. The lowest BCUT2D eigenvalue weighted by Gasteiger charge is -2.07. The highest BCUT2D eigenvalue weighted by atomic mass is 79.9. The standard InChI is InChI=1S/C12H11BrClFN2O2S2/c1-16-6-8-5-11(12(13)20-8)21(18,19)17-7-2-3-9(14)10(15)4-7/h2-5,16-17H,6H2,1H3. The lowest BCUT2D eigenvalue weighted by molar-refractivity contribution is 0.601. The van der Waals surface area contributed by atoms with Crippen LogP contribution in [-0.2, 0) is 16.6 Å². The Balaban J connectivity index is 2.31. The topological polar surface area (TPSA) is 58.2 Å². The zero-order valence-electron chi connectivity index (χ0n) is 10.8. The molecule has 2 N–H and O–H groups in total. The zero-order valence-corrected chi connectivity index (χ0v) is 14.8. The lowest BCUT2D eigenvalue weighted by atomic mass is 10.3. The van der Waals surface area contributed by atoms with Gasteiger partial charge in [-0.05, 0) is 47.2 Å². The van der Waals surface area contributed by atoms with E-state index in [1.54, 1.807) is 13.1 Å². The number of halogens is 3. The van der Waals surface area contributed by atoms with E-state index in [2.05, 4.69) is 26.0 Å². The van der Waals surface area contributed by atoms with Gasteiger partial charge in [-0.2, -0.15) is 0 Å². The first-order valence-corrected chi connectivity index (χ1v) is 9.21. The van der Waals surface area contributed by atoms with Gasteiger partial charge in [-0.1, -0.05) is 11.6 Å². The van der Waals surface area contributed by atoms with Gasteiger partial charge in [0, 0.05) is 11.4 Å². The molecule has 0 radical (unpaired) electrons. The number of anilines is 1. The molecule has 0 atom stereocenters. The summed E-state index contributed by atoms with van der Waals surface area (Å²) in [6.07, 6.45) is 0. The summed E-state index contributed by atoms with van der Waals surface area (Å²) in [5.74, 6) is -0.683. The fourth-order valence-corrected chi connectivity index (χ4v) is 5.47. The first kappa shape index (κ1) is 16.7. The van der Waals surface area contributed by atoms with E-state index in [1.807, 2.05) is 0 Å². The van der Waals surface area contributed by atoms with Gasteiger partial charge in [-0.3, -0.25) is 4.72 Å². The summed E-state index contributed by atoms with van der Waals surface area (Å²) in [4.78, 5) is 0.986. The second kappa shape index (κ2) is 6.62. The van der Waals surface area contributed by atoms with Crippen LogP contribution in [0.2, 0.25) is 5.02 Å². The van der Waals surface area contributed by atoms with E-state index >= 15 is 0 Å². The van der Waals surface area contributed by atoms with Gasteiger partial charge in [0.25, 0.3) is 10.0 Å². The molecule has 0 fully saturated rings. The molecule has 0 unspecified atom stereocenters. The van der Waals surface area contributed by atoms with Crippen molar-refractivity contribution in [3.05, 3.63) is 43.8 Å². The van der Waals surface area contributed by atoms with Crippen LogP contribution in [0.25, 0.3) is 0 Å². The Hall–Kier alpha value is -0.670. The Labute approximate surface area is 139 Å². The van der Waals surface area contributed by atoms with Crippen LogP contribution in [0.1, 0.15) is 4.88 Å². The van der Waals surface area contributed by atoms with E-state index in [0.717, 1.165) is 10.9 Å². The molecule has 0 saturated heterocycles.